The van der Waals surface area contributed by atoms with E-state index in [0.29, 0.717) is 18.2 Å². The second-order valence-electron chi connectivity index (χ2n) is 5.18. The molecule has 124 valence electrons. The lowest BCUT2D eigenvalue weighted by molar-refractivity contribution is 0.102. The fraction of sp³-hybridized carbons (Fsp3) is 0.200. The lowest BCUT2D eigenvalue weighted by atomic mass is 10.4. The van der Waals surface area contributed by atoms with Crippen LogP contribution in [-0.4, -0.2) is 30.5 Å². The number of carbonyl (C=O) groups excluding carboxylic acids is 1. The van der Waals surface area contributed by atoms with Crippen LogP contribution in [0.3, 0.4) is 0 Å². The fourth-order valence-electron chi connectivity index (χ4n) is 2.14. The van der Waals surface area contributed by atoms with Gasteiger partial charge in [-0.25, -0.2) is 9.67 Å². The molecule has 1 N–H and O–H groups in total. The number of anilines is 1. The van der Waals surface area contributed by atoms with Gasteiger partial charge in [-0.05, 0) is 63.9 Å². The van der Waals surface area contributed by atoms with Crippen LogP contribution < -0.4 is 5.32 Å². The molecule has 3 rings (SSSR count). The Kier molecular flexibility index (Phi) is 4.81. The summed E-state index contributed by atoms with van der Waals surface area (Å²) < 4.78 is 5.31. The highest BCUT2D eigenvalue weighted by molar-refractivity contribution is 9.10. The molecular weight excluding hydrogens is 440 g/mol. The maximum atomic E-state index is 12.2. The zero-order chi connectivity index (χ0) is 17.3. The van der Waals surface area contributed by atoms with Crippen molar-refractivity contribution in [3.8, 4) is 0 Å². The number of hydrogen-bond acceptors (Lipinski definition) is 4. The van der Waals surface area contributed by atoms with Gasteiger partial charge in [0.2, 0.25) is 0 Å². The van der Waals surface area contributed by atoms with Gasteiger partial charge in [0, 0.05) is 16.9 Å². The molecule has 0 spiro atoms. The number of nitrogens with zero attached hydrogens (tertiary/aromatic N) is 5. The number of pyridine rings is 1. The predicted molar refractivity (Wildman–Crippen MR) is 96.9 cm³/mol. The van der Waals surface area contributed by atoms with E-state index >= 15 is 0 Å². The molecule has 0 bridgehead atoms. The van der Waals surface area contributed by atoms with E-state index in [1.54, 1.807) is 29.2 Å². The van der Waals surface area contributed by atoms with Gasteiger partial charge in [0.05, 0.1) is 15.9 Å². The fourth-order valence-corrected chi connectivity index (χ4v) is 2.66. The molecule has 9 heteroatoms. The summed E-state index contributed by atoms with van der Waals surface area (Å²) in [6.45, 7) is 4.34. The van der Waals surface area contributed by atoms with E-state index in [4.69, 9.17) is 0 Å². The van der Waals surface area contributed by atoms with Crippen molar-refractivity contribution in [3.05, 3.63) is 56.6 Å². The molecule has 0 unspecified atom stereocenters. The van der Waals surface area contributed by atoms with Crippen LogP contribution >= 0.6 is 31.9 Å². The number of rotatable bonds is 4. The summed E-state index contributed by atoms with van der Waals surface area (Å²) in [5, 5.41) is 11.4. The van der Waals surface area contributed by atoms with Crippen LogP contribution in [-0.2, 0) is 6.67 Å². The molecule has 24 heavy (non-hydrogen) atoms. The van der Waals surface area contributed by atoms with Crippen molar-refractivity contribution in [1.82, 2.24) is 24.5 Å². The standard InChI is InChI=1S/C15H14Br2N6O/c1-9-14(17)10(2)23(20-9)8-22-6-5-12(21-22)15(24)19-13-4-3-11(16)7-18-13/h3-7H,8H2,1-2H3,(H,18,19,24). The van der Waals surface area contributed by atoms with E-state index in [0.717, 1.165) is 20.3 Å². The Morgan fingerprint density at radius 2 is 2.00 bits per heavy atom. The first-order valence-corrected chi connectivity index (χ1v) is 8.68. The summed E-state index contributed by atoms with van der Waals surface area (Å²) in [4.78, 5) is 16.3. The van der Waals surface area contributed by atoms with Crippen LogP contribution in [0.5, 0.6) is 0 Å². The minimum Gasteiger partial charge on any atom is -0.305 e. The summed E-state index contributed by atoms with van der Waals surface area (Å²) in [5.74, 6) is 0.165. The van der Waals surface area contributed by atoms with Crippen LogP contribution in [0.15, 0.2) is 39.5 Å². The third kappa shape index (κ3) is 3.57. The van der Waals surface area contributed by atoms with E-state index in [2.05, 4.69) is 52.4 Å². The summed E-state index contributed by atoms with van der Waals surface area (Å²) in [6.07, 6.45) is 3.36. The monoisotopic (exact) mass is 452 g/mol. The SMILES string of the molecule is Cc1nn(Cn2ccc(C(=O)Nc3ccc(Br)cn3)n2)c(C)c1Br. The van der Waals surface area contributed by atoms with E-state index in [-0.39, 0.29) is 5.91 Å². The van der Waals surface area contributed by atoms with Gasteiger partial charge >= 0.3 is 0 Å². The molecule has 0 saturated heterocycles. The van der Waals surface area contributed by atoms with E-state index in [1.807, 2.05) is 24.6 Å². The number of aryl methyl sites for hydroxylation is 1. The topological polar surface area (TPSA) is 77.6 Å². The Hall–Kier alpha value is -2.00. The van der Waals surface area contributed by atoms with E-state index in [1.165, 1.54) is 0 Å². The molecule has 0 aliphatic heterocycles. The van der Waals surface area contributed by atoms with Crippen molar-refractivity contribution in [2.75, 3.05) is 5.32 Å². The number of carbonyl (C=O) groups is 1. The highest BCUT2D eigenvalue weighted by atomic mass is 79.9. The highest BCUT2D eigenvalue weighted by Crippen LogP contribution is 2.19. The van der Waals surface area contributed by atoms with E-state index in [9.17, 15) is 4.79 Å². The van der Waals surface area contributed by atoms with Gasteiger partial charge in [0.15, 0.2) is 5.69 Å². The molecule has 0 aromatic carbocycles. The number of nitrogens with one attached hydrogen (secondary N) is 1. The van der Waals surface area contributed by atoms with Crippen molar-refractivity contribution in [3.63, 3.8) is 0 Å². The Bertz CT molecular complexity index is 884. The lowest BCUT2D eigenvalue weighted by Crippen LogP contribution is -2.16. The first-order valence-electron chi connectivity index (χ1n) is 7.10. The predicted octanol–water partition coefficient (Wildman–Crippen LogP) is 3.37. The molecule has 0 fully saturated rings. The minimum absolute atomic E-state index is 0.307. The lowest BCUT2D eigenvalue weighted by Gasteiger charge is -2.05. The maximum absolute atomic E-state index is 12.2. The number of amides is 1. The van der Waals surface area contributed by atoms with Crippen LogP contribution in [0.2, 0.25) is 0 Å². The summed E-state index contributed by atoms with van der Waals surface area (Å²) in [6, 6.07) is 5.18. The van der Waals surface area contributed by atoms with E-state index < -0.39 is 0 Å². The zero-order valence-electron chi connectivity index (χ0n) is 13.0. The molecule has 0 aliphatic rings. The smallest absolute Gasteiger partial charge is 0.277 e. The third-order valence-corrected chi connectivity index (χ3v) is 5.03. The first-order chi connectivity index (χ1) is 11.4. The highest BCUT2D eigenvalue weighted by Gasteiger charge is 2.13. The van der Waals surface area contributed by atoms with Gasteiger partial charge < -0.3 is 5.32 Å². The Balaban J connectivity index is 1.71. The summed E-state index contributed by atoms with van der Waals surface area (Å²) >= 11 is 6.80. The third-order valence-electron chi connectivity index (χ3n) is 3.41. The number of hydrogen-bond donors (Lipinski definition) is 1. The quantitative estimate of drug-likeness (QED) is 0.656. The van der Waals surface area contributed by atoms with Crippen LogP contribution in [0.1, 0.15) is 21.9 Å². The minimum atomic E-state index is -0.307. The number of halogens is 2. The van der Waals surface area contributed by atoms with Crippen molar-refractivity contribution in [2.45, 2.75) is 20.5 Å². The Morgan fingerprint density at radius 3 is 2.62 bits per heavy atom. The van der Waals surface area contributed by atoms with Crippen LogP contribution in [0.25, 0.3) is 0 Å². The summed E-state index contributed by atoms with van der Waals surface area (Å²) in [5.41, 5.74) is 2.24. The largest absolute Gasteiger partial charge is 0.305 e. The Morgan fingerprint density at radius 1 is 1.21 bits per heavy atom. The van der Waals surface area contributed by atoms with Crippen LogP contribution in [0, 0.1) is 13.8 Å². The first kappa shape index (κ1) is 16.8. The van der Waals surface area contributed by atoms with Crippen molar-refractivity contribution in [2.24, 2.45) is 0 Å². The molecule has 0 radical (unpaired) electrons. The molecule has 3 heterocycles. The van der Waals surface area contributed by atoms with Gasteiger partial charge in [-0.2, -0.15) is 10.2 Å². The maximum Gasteiger partial charge on any atom is 0.277 e. The molecule has 0 aliphatic carbocycles. The summed E-state index contributed by atoms with van der Waals surface area (Å²) in [7, 11) is 0. The molecule has 3 aromatic heterocycles. The zero-order valence-corrected chi connectivity index (χ0v) is 16.2. The normalized spacial score (nSPS) is 10.8. The van der Waals surface area contributed by atoms with Crippen molar-refractivity contribution < 1.29 is 4.79 Å². The average molecular weight is 454 g/mol. The van der Waals surface area contributed by atoms with Crippen molar-refractivity contribution in [1.29, 1.82) is 0 Å². The second-order valence-corrected chi connectivity index (χ2v) is 6.89. The molecule has 0 atom stereocenters. The van der Waals surface area contributed by atoms with Gasteiger partial charge in [0.25, 0.3) is 5.91 Å². The van der Waals surface area contributed by atoms with Crippen molar-refractivity contribution >= 4 is 43.6 Å². The Labute approximate surface area is 155 Å². The van der Waals surface area contributed by atoms with Gasteiger partial charge in [0.1, 0.15) is 12.5 Å². The molecule has 1 amide bonds. The molecular formula is C15H14Br2N6O. The average Bonchev–Trinajstić information content (AvgIpc) is 3.11. The molecule has 7 nitrogen and oxygen atoms in total. The molecule has 0 saturated carbocycles. The van der Waals surface area contributed by atoms with Gasteiger partial charge in [-0.15, -0.1) is 0 Å². The second kappa shape index (κ2) is 6.86. The number of aromatic nitrogens is 5. The van der Waals surface area contributed by atoms with Crippen LogP contribution in [0.4, 0.5) is 5.82 Å². The molecule has 3 aromatic rings. The van der Waals surface area contributed by atoms with Gasteiger partial charge in [-0.1, -0.05) is 0 Å². The van der Waals surface area contributed by atoms with Gasteiger partial charge in [-0.3, -0.25) is 9.48 Å².